The number of rotatable bonds is 5. The van der Waals surface area contributed by atoms with Crippen LogP contribution in [0.4, 0.5) is 4.39 Å². The molecule has 0 bridgehead atoms. The van der Waals surface area contributed by atoms with E-state index in [4.69, 9.17) is 4.74 Å². The van der Waals surface area contributed by atoms with E-state index in [1.807, 2.05) is 48.7 Å². The monoisotopic (exact) mass is 418 g/mol. The first-order valence-corrected chi connectivity index (χ1v) is 9.74. The molecule has 4 rings (SSSR count). The fourth-order valence-corrected chi connectivity index (χ4v) is 3.51. The third kappa shape index (κ3) is 4.45. The maximum absolute atomic E-state index is 13.2. The molecule has 3 aromatic rings. The Morgan fingerprint density at radius 3 is 2.35 bits per heavy atom. The van der Waals surface area contributed by atoms with Crippen LogP contribution in [0.25, 0.3) is 0 Å². The van der Waals surface area contributed by atoms with Crippen molar-refractivity contribution in [3.63, 3.8) is 0 Å². The van der Waals surface area contributed by atoms with E-state index >= 15 is 0 Å². The van der Waals surface area contributed by atoms with Crippen LogP contribution in [0.2, 0.25) is 0 Å². The molecule has 1 fully saturated rings. The summed E-state index contributed by atoms with van der Waals surface area (Å²) in [5.41, 5.74) is 4.81. The van der Waals surface area contributed by atoms with E-state index in [-0.39, 0.29) is 11.5 Å². The van der Waals surface area contributed by atoms with Gasteiger partial charge in [0.15, 0.2) is 6.04 Å². The van der Waals surface area contributed by atoms with E-state index in [0.717, 1.165) is 11.1 Å². The van der Waals surface area contributed by atoms with Gasteiger partial charge in [-0.2, -0.15) is 0 Å². The molecule has 1 aliphatic heterocycles. The first kappa shape index (κ1) is 20.3. The fraction of sp³-hybridized carbons (Fsp3) is 0.125. The number of carbonyl (C=O) groups excluding carboxylic acids is 2. The van der Waals surface area contributed by atoms with E-state index in [1.54, 1.807) is 23.9 Å². The standard InChI is InChI=1S/C24H20FN3O3/c1-31-20-13-9-17(10-14-20)22-21(26-23(29)18-7-11-19(25)12-8-18)24(30)27-28(22)15-16-5-3-2-4-6-16/h2-15,21-22H,1H3,(H-,26,27,29,30)/p+1/b28-15-/t21-,22-/m0/s1. The summed E-state index contributed by atoms with van der Waals surface area (Å²) in [4.78, 5) is 25.6. The van der Waals surface area contributed by atoms with E-state index in [9.17, 15) is 14.0 Å². The average molecular weight is 418 g/mol. The van der Waals surface area contributed by atoms with Crippen LogP contribution in [0.3, 0.4) is 0 Å². The zero-order chi connectivity index (χ0) is 21.8. The molecule has 0 spiro atoms. The smallest absolute Gasteiger partial charge is 0.304 e. The van der Waals surface area contributed by atoms with Crippen LogP contribution in [0, 0.1) is 5.82 Å². The number of hydrazone groups is 1. The van der Waals surface area contributed by atoms with Crippen molar-refractivity contribution in [3.8, 4) is 5.75 Å². The zero-order valence-electron chi connectivity index (χ0n) is 16.8. The van der Waals surface area contributed by atoms with Gasteiger partial charge in [-0.25, -0.2) is 4.39 Å². The van der Waals surface area contributed by atoms with Crippen LogP contribution < -0.4 is 15.5 Å². The molecule has 0 aromatic heterocycles. The summed E-state index contributed by atoms with van der Waals surface area (Å²) in [6.45, 7) is 0. The Balaban J connectivity index is 1.69. The summed E-state index contributed by atoms with van der Waals surface area (Å²) < 4.78 is 20.1. The van der Waals surface area contributed by atoms with Crippen LogP contribution in [0.5, 0.6) is 5.75 Å². The van der Waals surface area contributed by atoms with Crippen LogP contribution in [0.1, 0.15) is 27.5 Å². The summed E-state index contributed by atoms with van der Waals surface area (Å²) >= 11 is 0. The van der Waals surface area contributed by atoms with Gasteiger partial charge in [0.2, 0.25) is 12.3 Å². The van der Waals surface area contributed by atoms with Crippen molar-refractivity contribution >= 4 is 18.0 Å². The Morgan fingerprint density at radius 1 is 1.03 bits per heavy atom. The maximum atomic E-state index is 13.2. The highest BCUT2D eigenvalue weighted by Gasteiger charge is 2.47. The molecule has 3 aromatic carbocycles. The number of benzene rings is 3. The third-order valence-electron chi connectivity index (χ3n) is 5.08. The van der Waals surface area contributed by atoms with Crippen molar-refractivity contribution in [2.75, 3.05) is 7.11 Å². The van der Waals surface area contributed by atoms with Crippen LogP contribution >= 0.6 is 0 Å². The van der Waals surface area contributed by atoms with Gasteiger partial charge in [-0.3, -0.25) is 9.59 Å². The molecule has 2 N–H and O–H groups in total. The molecule has 31 heavy (non-hydrogen) atoms. The predicted molar refractivity (Wildman–Crippen MR) is 113 cm³/mol. The molecular weight excluding hydrogens is 397 g/mol. The van der Waals surface area contributed by atoms with Crippen molar-refractivity contribution in [1.82, 2.24) is 10.7 Å². The highest BCUT2D eigenvalue weighted by Crippen LogP contribution is 2.27. The lowest BCUT2D eigenvalue weighted by Crippen LogP contribution is -2.42. The van der Waals surface area contributed by atoms with Gasteiger partial charge >= 0.3 is 5.91 Å². The summed E-state index contributed by atoms with van der Waals surface area (Å²) in [6, 6.07) is 20.7. The molecule has 1 aliphatic rings. The van der Waals surface area contributed by atoms with Crippen molar-refractivity contribution in [2.24, 2.45) is 0 Å². The van der Waals surface area contributed by atoms with E-state index in [0.29, 0.717) is 5.75 Å². The first-order valence-electron chi connectivity index (χ1n) is 9.74. The lowest BCUT2D eigenvalue weighted by Gasteiger charge is -2.15. The highest BCUT2D eigenvalue weighted by atomic mass is 19.1. The molecule has 0 unspecified atom stereocenters. The number of ether oxygens (including phenoxy) is 1. The topological polar surface area (TPSA) is 70.4 Å². The van der Waals surface area contributed by atoms with Crippen LogP contribution in [-0.4, -0.2) is 35.9 Å². The molecule has 7 heteroatoms. The minimum atomic E-state index is -0.856. The second-order valence-electron chi connectivity index (χ2n) is 7.10. The van der Waals surface area contributed by atoms with Gasteiger partial charge in [-0.15, -0.1) is 10.1 Å². The quantitative estimate of drug-likeness (QED) is 0.626. The molecule has 2 amide bonds. The van der Waals surface area contributed by atoms with Gasteiger partial charge in [0.05, 0.1) is 7.11 Å². The van der Waals surface area contributed by atoms with Crippen molar-refractivity contribution in [3.05, 3.63) is 101 Å². The molecule has 1 saturated heterocycles. The lowest BCUT2D eigenvalue weighted by atomic mass is 9.99. The van der Waals surface area contributed by atoms with Crippen molar-refractivity contribution in [1.29, 1.82) is 0 Å². The number of hydrazine groups is 1. The summed E-state index contributed by atoms with van der Waals surface area (Å²) in [6.07, 6.45) is 1.82. The van der Waals surface area contributed by atoms with Crippen molar-refractivity contribution in [2.45, 2.75) is 12.1 Å². The number of carbonyl (C=O) groups is 2. The molecule has 6 nitrogen and oxygen atoms in total. The number of amides is 2. The highest BCUT2D eigenvalue weighted by molar-refractivity contribution is 5.98. The van der Waals surface area contributed by atoms with E-state index < -0.39 is 23.8 Å². The Bertz CT molecular complexity index is 1110. The Labute approximate surface area is 179 Å². The molecule has 0 aliphatic carbocycles. The fourth-order valence-electron chi connectivity index (χ4n) is 3.51. The summed E-state index contributed by atoms with van der Waals surface area (Å²) in [5, 5.41) is 2.79. The first-order chi connectivity index (χ1) is 15.0. The number of halogens is 1. The number of methoxy groups -OCH3 is 1. The van der Waals surface area contributed by atoms with Gasteiger partial charge in [0, 0.05) is 16.7 Å². The molecule has 2 atom stereocenters. The second kappa shape index (κ2) is 8.79. The minimum absolute atomic E-state index is 0.271. The molecule has 0 radical (unpaired) electrons. The van der Waals surface area contributed by atoms with Crippen molar-refractivity contribution < 1.29 is 23.4 Å². The number of nitrogens with zero attached hydrogens (tertiary/aromatic N) is 1. The number of hydrogen-bond acceptors (Lipinski definition) is 3. The van der Waals surface area contributed by atoms with Gasteiger partial charge in [-0.1, -0.05) is 18.2 Å². The molecule has 156 valence electrons. The Kier molecular flexibility index (Phi) is 5.75. The lowest BCUT2D eigenvalue weighted by molar-refractivity contribution is -0.596. The van der Waals surface area contributed by atoms with Gasteiger partial charge in [0.1, 0.15) is 11.6 Å². The molecular formula is C24H21FN3O3+. The number of nitrogens with one attached hydrogen (secondary N) is 2. The van der Waals surface area contributed by atoms with Crippen LogP contribution in [0.15, 0.2) is 78.9 Å². The van der Waals surface area contributed by atoms with Crippen LogP contribution in [-0.2, 0) is 4.79 Å². The van der Waals surface area contributed by atoms with Gasteiger partial charge in [0.25, 0.3) is 5.91 Å². The zero-order valence-corrected chi connectivity index (χ0v) is 16.8. The maximum Gasteiger partial charge on any atom is 0.304 e. The Morgan fingerprint density at radius 2 is 1.71 bits per heavy atom. The van der Waals surface area contributed by atoms with E-state index in [1.165, 1.54) is 24.3 Å². The SMILES string of the molecule is COc1ccc([C@H]2[C@H](NC(=O)c3ccc(F)cc3)C(=O)N/[N+]2=C\c2ccccc2)cc1. The predicted octanol–water partition coefficient (Wildman–Crippen LogP) is 2.85. The van der Waals surface area contributed by atoms with E-state index in [2.05, 4.69) is 10.7 Å². The summed E-state index contributed by atoms with van der Waals surface area (Å²) in [5.74, 6) is -0.551. The minimum Gasteiger partial charge on any atom is -0.497 e. The third-order valence-corrected chi connectivity index (χ3v) is 5.08. The molecule has 1 heterocycles. The average Bonchev–Trinajstić information content (AvgIpc) is 3.09. The second-order valence-corrected chi connectivity index (χ2v) is 7.10. The van der Waals surface area contributed by atoms with Gasteiger partial charge in [-0.05, 0) is 60.7 Å². The molecule has 0 saturated carbocycles. The van der Waals surface area contributed by atoms with Gasteiger partial charge < -0.3 is 10.1 Å². The summed E-state index contributed by atoms with van der Waals surface area (Å²) in [7, 11) is 1.58. The number of hydrogen-bond donors (Lipinski definition) is 2. The normalized spacial score (nSPS) is 19.2. The Hall–Kier alpha value is -4.00. The largest absolute Gasteiger partial charge is 0.497 e.